The zero-order valence-electron chi connectivity index (χ0n) is 9.57. The van der Waals surface area contributed by atoms with Crippen LogP contribution in [0.5, 0.6) is 0 Å². The Balaban J connectivity index is 2.55. The number of rotatable bonds is 6. The van der Waals surface area contributed by atoms with E-state index in [1.165, 1.54) is 11.3 Å². The lowest BCUT2D eigenvalue weighted by atomic mass is 10.1. The van der Waals surface area contributed by atoms with Crippen molar-refractivity contribution in [3.05, 3.63) is 35.9 Å². The predicted molar refractivity (Wildman–Crippen MR) is 68.5 cm³/mol. The minimum absolute atomic E-state index is 0.316. The van der Waals surface area contributed by atoms with Gasteiger partial charge >= 0.3 is 0 Å². The van der Waals surface area contributed by atoms with Crippen LogP contribution < -0.4 is 0 Å². The Kier molecular flexibility index (Phi) is 5.96. The maximum absolute atomic E-state index is 5.13. The molecule has 1 rings (SSSR count). The molecule has 0 bridgehead atoms. The van der Waals surface area contributed by atoms with E-state index >= 15 is 0 Å². The fraction of sp³-hybridized carbons (Fsp3) is 0.417. The summed E-state index contributed by atoms with van der Waals surface area (Å²) < 4.78 is 5.13. The molecule has 3 heteroatoms. The van der Waals surface area contributed by atoms with E-state index in [-0.39, 0.29) is 9.76 Å². The van der Waals surface area contributed by atoms with Crippen LogP contribution in [0.3, 0.4) is 0 Å². The molecule has 0 aromatic heterocycles. The molecule has 1 aromatic rings. The van der Waals surface area contributed by atoms with Gasteiger partial charge in [0, 0.05) is 19.4 Å². The zero-order chi connectivity index (χ0) is 10.9. The van der Waals surface area contributed by atoms with Crippen LogP contribution in [-0.2, 0) is 4.43 Å². The molecule has 15 heavy (non-hydrogen) atoms. The summed E-state index contributed by atoms with van der Waals surface area (Å²) in [5.41, 5.74) is 2.46. The van der Waals surface area contributed by atoms with Gasteiger partial charge in [-0.1, -0.05) is 37.3 Å². The maximum Gasteiger partial charge on any atom is 0.162 e. The van der Waals surface area contributed by atoms with E-state index in [1.54, 1.807) is 7.11 Å². The van der Waals surface area contributed by atoms with Crippen LogP contribution in [0.2, 0.25) is 6.04 Å². The molecule has 0 radical (unpaired) electrons. The fourth-order valence-electron chi connectivity index (χ4n) is 1.46. The molecule has 0 spiro atoms. The lowest BCUT2D eigenvalue weighted by Gasteiger charge is -2.03. The largest absolute Gasteiger partial charge is 0.427 e. The van der Waals surface area contributed by atoms with E-state index in [0.29, 0.717) is 0 Å². The van der Waals surface area contributed by atoms with Crippen LogP contribution in [-0.4, -0.2) is 29.1 Å². The van der Waals surface area contributed by atoms with Gasteiger partial charge in [-0.25, -0.2) is 0 Å². The van der Waals surface area contributed by atoms with Crippen molar-refractivity contribution in [1.82, 2.24) is 0 Å². The van der Waals surface area contributed by atoms with Crippen molar-refractivity contribution in [1.29, 1.82) is 0 Å². The van der Waals surface area contributed by atoms with E-state index in [2.05, 4.69) is 36.2 Å². The summed E-state index contributed by atoms with van der Waals surface area (Å²) in [6.07, 6.45) is 0.999. The second-order valence-electron chi connectivity index (χ2n) is 3.39. The van der Waals surface area contributed by atoms with Gasteiger partial charge in [0.15, 0.2) is 9.76 Å². The number of benzene rings is 1. The number of nitrogens with zero attached hydrogens (tertiary/aromatic N) is 1. The minimum Gasteiger partial charge on any atom is -0.427 e. The topological polar surface area (TPSA) is 21.6 Å². The smallest absolute Gasteiger partial charge is 0.162 e. The Morgan fingerprint density at radius 2 is 2.07 bits per heavy atom. The van der Waals surface area contributed by atoms with Crippen molar-refractivity contribution < 1.29 is 4.43 Å². The molecule has 0 aliphatic carbocycles. The summed E-state index contributed by atoms with van der Waals surface area (Å²) in [4.78, 5) is 4.62. The third kappa shape index (κ3) is 4.40. The quantitative estimate of drug-likeness (QED) is 0.409. The van der Waals surface area contributed by atoms with Crippen LogP contribution >= 0.6 is 0 Å². The molecule has 0 fully saturated rings. The van der Waals surface area contributed by atoms with Gasteiger partial charge in [-0.3, -0.25) is 4.99 Å². The molecule has 0 aliphatic heterocycles. The van der Waals surface area contributed by atoms with Crippen molar-refractivity contribution in [3.63, 3.8) is 0 Å². The molecule has 0 saturated heterocycles. The van der Waals surface area contributed by atoms with Crippen LogP contribution in [0.25, 0.3) is 0 Å². The van der Waals surface area contributed by atoms with Crippen molar-refractivity contribution in [3.8, 4) is 0 Å². The van der Waals surface area contributed by atoms with Gasteiger partial charge in [-0.05, 0) is 18.0 Å². The first-order valence-electron chi connectivity index (χ1n) is 5.46. The highest BCUT2D eigenvalue weighted by Crippen LogP contribution is 2.04. The first kappa shape index (κ1) is 12.1. The highest BCUT2D eigenvalue weighted by atomic mass is 28.2. The molecule has 0 heterocycles. The average Bonchev–Trinajstić information content (AvgIpc) is 2.30. The van der Waals surface area contributed by atoms with E-state index in [0.717, 1.165) is 19.0 Å². The maximum atomic E-state index is 5.13. The summed E-state index contributed by atoms with van der Waals surface area (Å²) in [5.74, 6) is 0. The highest BCUT2D eigenvalue weighted by Gasteiger charge is 1.98. The highest BCUT2D eigenvalue weighted by molar-refractivity contribution is 6.27. The molecule has 0 aliphatic rings. The van der Waals surface area contributed by atoms with E-state index in [4.69, 9.17) is 4.43 Å². The van der Waals surface area contributed by atoms with Gasteiger partial charge in [-0.15, -0.1) is 0 Å². The van der Waals surface area contributed by atoms with Crippen molar-refractivity contribution >= 4 is 15.5 Å². The summed E-state index contributed by atoms with van der Waals surface area (Å²) in [6, 6.07) is 11.5. The standard InChI is InChI=1S/C12H19NOSi/c1-3-12(13-9-10-15-14-2)11-7-5-4-6-8-11/h4-8H,3,9-10,15H2,1-2H3. The molecule has 0 unspecified atom stereocenters. The Hall–Kier alpha value is -0.933. The van der Waals surface area contributed by atoms with E-state index in [9.17, 15) is 0 Å². The van der Waals surface area contributed by atoms with Crippen LogP contribution in [0.4, 0.5) is 0 Å². The molecule has 2 nitrogen and oxygen atoms in total. The molecule has 0 amide bonds. The van der Waals surface area contributed by atoms with Crippen molar-refractivity contribution in [2.75, 3.05) is 13.7 Å². The Morgan fingerprint density at radius 1 is 1.33 bits per heavy atom. The lowest BCUT2D eigenvalue weighted by Crippen LogP contribution is -2.02. The Labute approximate surface area is 94.3 Å². The van der Waals surface area contributed by atoms with Crippen LogP contribution in [0.1, 0.15) is 18.9 Å². The molecular weight excluding hydrogens is 202 g/mol. The average molecular weight is 221 g/mol. The lowest BCUT2D eigenvalue weighted by molar-refractivity contribution is 0.441. The van der Waals surface area contributed by atoms with Crippen LogP contribution in [0, 0.1) is 0 Å². The molecule has 82 valence electrons. The summed E-state index contributed by atoms with van der Waals surface area (Å²) >= 11 is 0. The second kappa shape index (κ2) is 7.37. The Morgan fingerprint density at radius 3 is 2.67 bits per heavy atom. The van der Waals surface area contributed by atoms with Gasteiger partial charge in [-0.2, -0.15) is 0 Å². The van der Waals surface area contributed by atoms with Gasteiger partial charge in [0.25, 0.3) is 0 Å². The predicted octanol–water partition coefficient (Wildman–Crippen LogP) is 2.03. The van der Waals surface area contributed by atoms with Gasteiger partial charge in [0.1, 0.15) is 0 Å². The SMILES string of the molecule is CCC(=NCC[SiH2]OC)c1ccccc1. The fourth-order valence-corrected chi connectivity index (χ4v) is 2.04. The summed E-state index contributed by atoms with van der Waals surface area (Å²) in [6.45, 7) is 3.07. The van der Waals surface area contributed by atoms with Crippen molar-refractivity contribution in [2.24, 2.45) is 4.99 Å². The third-order valence-corrected chi connectivity index (χ3v) is 3.26. The first-order chi connectivity index (χ1) is 7.38. The third-order valence-electron chi connectivity index (χ3n) is 2.25. The van der Waals surface area contributed by atoms with Gasteiger partial charge in [0.2, 0.25) is 0 Å². The van der Waals surface area contributed by atoms with E-state index in [1.807, 2.05) is 6.07 Å². The summed E-state index contributed by atoms with van der Waals surface area (Å²) in [5, 5.41) is 0. The zero-order valence-corrected chi connectivity index (χ0v) is 11.0. The second-order valence-corrected chi connectivity index (χ2v) is 5.09. The number of hydrogen-bond acceptors (Lipinski definition) is 2. The number of aliphatic imine (C=N–C) groups is 1. The first-order valence-corrected chi connectivity index (χ1v) is 7.04. The molecule has 0 atom stereocenters. The molecule has 0 N–H and O–H groups in total. The minimum atomic E-state index is -0.316. The molecular formula is C12H19NOSi. The normalized spacial score (nSPS) is 12.5. The van der Waals surface area contributed by atoms with Crippen molar-refractivity contribution in [2.45, 2.75) is 19.4 Å². The van der Waals surface area contributed by atoms with Crippen LogP contribution in [0.15, 0.2) is 35.3 Å². The summed E-state index contributed by atoms with van der Waals surface area (Å²) in [7, 11) is 1.47. The van der Waals surface area contributed by atoms with E-state index < -0.39 is 0 Å². The Bertz CT molecular complexity index is 298. The monoisotopic (exact) mass is 221 g/mol. The molecule has 0 saturated carbocycles. The van der Waals surface area contributed by atoms with Gasteiger partial charge < -0.3 is 4.43 Å². The van der Waals surface area contributed by atoms with Gasteiger partial charge in [0.05, 0.1) is 0 Å². The molecule has 1 aromatic carbocycles. The number of hydrogen-bond donors (Lipinski definition) is 0.